The van der Waals surface area contributed by atoms with Gasteiger partial charge in [0.25, 0.3) is 5.91 Å². The molecule has 1 amide bonds. The molecule has 0 saturated carbocycles. The van der Waals surface area contributed by atoms with E-state index in [1.165, 1.54) is 0 Å². The maximum atomic E-state index is 12.7. The van der Waals surface area contributed by atoms with E-state index in [4.69, 9.17) is 4.42 Å². The lowest BCUT2D eigenvalue weighted by Gasteiger charge is -2.31. The van der Waals surface area contributed by atoms with Crippen molar-refractivity contribution in [2.24, 2.45) is 0 Å². The van der Waals surface area contributed by atoms with E-state index in [0.29, 0.717) is 23.9 Å². The topological polar surface area (TPSA) is 66.6 Å². The van der Waals surface area contributed by atoms with Crippen LogP contribution in [0.25, 0.3) is 0 Å². The molecule has 0 radical (unpaired) electrons. The maximum absolute atomic E-state index is 12.7. The zero-order chi connectivity index (χ0) is 16.3. The van der Waals surface area contributed by atoms with Gasteiger partial charge < -0.3 is 14.4 Å². The van der Waals surface area contributed by atoms with Crippen LogP contribution >= 0.6 is 0 Å². The Kier molecular flexibility index (Phi) is 4.98. The number of aliphatic hydroxyl groups excluding tert-OH is 1. The quantitative estimate of drug-likeness (QED) is 0.922. The average molecular weight is 302 g/mol. The van der Waals surface area contributed by atoms with Gasteiger partial charge in [-0.3, -0.25) is 4.79 Å². The normalized spacial score (nSPS) is 13.7. The Morgan fingerprint density at radius 3 is 2.45 bits per heavy atom. The van der Waals surface area contributed by atoms with E-state index >= 15 is 0 Å². The largest absolute Gasteiger partial charge is 0.445 e. The van der Waals surface area contributed by atoms with Crippen LogP contribution in [0.15, 0.2) is 34.7 Å². The molecule has 5 heteroatoms. The molecular formula is C17H22N2O3. The third-order valence-corrected chi connectivity index (χ3v) is 3.80. The van der Waals surface area contributed by atoms with Crippen LogP contribution in [0.2, 0.25) is 0 Å². The van der Waals surface area contributed by atoms with Crippen LogP contribution in [-0.4, -0.2) is 33.5 Å². The van der Waals surface area contributed by atoms with Crippen LogP contribution in [-0.2, 0) is 0 Å². The van der Waals surface area contributed by atoms with Gasteiger partial charge in [-0.25, -0.2) is 4.98 Å². The van der Waals surface area contributed by atoms with Crippen molar-refractivity contribution in [3.8, 4) is 0 Å². The molecule has 1 aromatic heterocycles. The first kappa shape index (κ1) is 16.2. The number of hydrogen-bond acceptors (Lipinski definition) is 4. The standard InChI is InChI=1S/C17H22N2O3/c1-5-19(17(21)15-12(3)22-13(4)18-15)11(2)16(20)14-9-7-6-8-10-14/h6-11,16,20H,5H2,1-4H3/t11-,16-/m1/s1. The van der Waals surface area contributed by atoms with Crippen LogP contribution in [0, 0.1) is 13.8 Å². The molecule has 0 fully saturated rings. The van der Waals surface area contributed by atoms with Gasteiger partial charge in [-0.2, -0.15) is 0 Å². The van der Waals surface area contributed by atoms with Crippen LogP contribution < -0.4 is 0 Å². The molecule has 0 bridgehead atoms. The summed E-state index contributed by atoms with van der Waals surface area (Å²) in [6, 6.07) is 8.97. The molecule has 118 valence electrons. The number of rotatable bonds is 5. The summed E-state index contributed by atoms with van der Waals surface area (Å²) in [5.41, 5.74) is 1.10. The monoisotopic (exact) mass is 302 g/mol. The summed E-state index contributed by atoms with van der Waals surface area (Å²) in [5.74, 6) is 0.745. The minimum atomic E-state index is -0.751. The van der Waals surface area contributed by atoms with E-state index in [9.17, 15) is 9.90 Å². The molecule has 2 aromatic rings. The highest BCUT2D eigenvalue weighted by atomic mass is 16.4. The van der Waals surface area contributed by atoms with Crippen LogP contribution in [0.5, 0.6) is 0 Å². The lowest BCUT2D eigenvalue weighted by atomic mass is 10.0. The number of benzene rings is 1. The highest BCUT2D eigenvalue weighted by Gasteiger charge is 2.29. The summed E-state index contributed by atoms with van der Waals surface area (Å²) >= 11 is 0. The van der Waals surface area contributed by atoms with Gasteiger partial charge in [-0.15, -0.1) is 0 Å². The number of carbonyl (C=O) groups is 1. The predicted molar refractivity (Wildman–Crippen MR) is 83.6 cm³/mol. The van der Waals surface area contributed by atoms with E-state index in [-0.39, 0.29) is 11.9 Å². The number of likely N-dealkylation sites (N-methyl/N-ethyl adjacent to an activating group) is 1. The molecule has 1 aromatic carbocycles. The maximum Gasteiger partial charge on any atom is 0.276 e. The van der Waals surface area contributed by atoms with E-state index in [2.05, 4.69) is 4.98 Å². The summed E-state index contributed by atoms with van der Waals surface area (Å²) in [6.45, 7) is 7.63. The van der Waals surface area contributed by atoms with Crippen LogP contribution in [0.4, 0.5) is 0 Å². The Balaban J connectivity index is 2.23. The smallest absolute Gasteiger partial charge is 0.276 e. The minimum absolute atomic E-state index is 0.223. The second-order valence-electron chi connectivity index (χ2n) is 5.32. The molecule has 0 unspecified atom stereocenters. The zero-order valence-electron chi connectivity index (χ0n) is 13.4. The second-order valence-corrected chi connectivity index (χ2v) is 5.32. The van der Waals surface area contributed by atoms with Crippen molar-refractivity contribution in [2.45, 2.75) is 39.8 Å². The van der Waals surface area contributed by atoms with Gasteiger partial charge in [0.15, 0.2) is 11.6 Å². The molecule has 0 aliphatic heterocycles. The highest BCUT2D eigenvalue weighted by Crippen LogP contribution is 2.23. The van der Waals surface area contributed by atoms with Gasteiger partial charge in [-0.1, -0.05) is 30.3 Å². The molecule has 0 spiro atoms. The van der Waals surface area contributed by atoms with Crippen LogP contribution in [0.3, 0.4) is 0 Å². The van der Waals surface area contributed by atoms with Crippen molar-refractivity contribution in [3.05, 3.63) is 53.2 Å². The number of hydrogen-bond donors (Lipinski definition) is 1. The van der Waals surface area contributed by atoms with Gasteiger partial charge in [-0.05, 0) is 26.3 Å². The predicted octanol–water partition coefficient (Wildman–Crippen LogP) is 2.88. The molecule has 5 nitrogen and oxygen atoms in total. The van der Waals surface area contributed by atoms with Crippen molar-refractivity contribution in [2.75, 3.05) is 6.54 Å². The third-order valence-electron chi connectivity index (χ3n) is 3.80. The molecule has 0 aliphatic carbocycles. The lowest BCUT2D eigenvalue weighted by molar-refractivity contribution is 0.0414. The molecule has 2 atom stereocenters. The van der Waals surface area contributed by atoms with E-state index in [1.54, 1.807) is 18.7 Å². The van der Waals surface area contributed by atoms with Gasteiger partial charge in [0, 0.05) is 13.5 Å². The van der Waals surface area contributed by atoms with Crippen LogP contribution in [0.1, 0.15) is 47.7 Å². The minimum Gasteiger partial charge on any atom is -0.445 e. The number of carbonyl (C=O) groups excluding carboxylic acids is 1. The molecule has 0 aliphatic rings. The first-order chi connectivity index (χ1) is 10.5. The highest BCUT2D eigenvalue weighted by molar-refractivity contribution is 5.93. The summed E-state index contributed by atoms with van der Waals surface area (Å²) in [5, 5.41) is 10.5. The Bertz CT molecular complexity index is 637. The number of aliphatic hydroxyl groups is 1. The first-order valence-electron chi connectivity index (χ1n) is 7.43. The van der Waals surface area contributed by atoms with Crippen molar-refractivity contribution in [1.82, 2.24) is 9.88 Å². The fourth-order valence-electron chi connectivity index (χ4n) is 2.58. The van der Waals surface area contributed by atoms with Gasteiger partial charge >= 0.3 is 0 Å². The van der Waals surface area contributed by atoms with Gasteiger partial charge in [0.05, 0.1) is 12.1 Å². The molecule has 0 saturated heterocycles. The Morgan fingerprint density at radius 2 is 1.95 bits per heavy atom. The summed E-state index contributed by atoms with van der Waals surface area (Å²) in [4.78, 5) is 18.4. The Morgan fingerprint density at radius 1 is 1.32 bits per heavy atom. The third kappa shape index (κ3) is 3.20. The molecule has 22 heavy (non-hydrogen) atoms. The Hall–Kier alpha value is -2.14. The fourth-order valence-corrected chi connectivity index (χ4v) is 2.58. The number of oxazole rings is 1. The van der Waals surface area contributed by atoms with Crippen molar-refractivity contribution >= 4 is 5.91 Å². The average Bonchev–Trinajstić information content (AvgIpc) is 2.86. The van der Waals surface area contributed by atoms with Crippen molar-refractivity contribution in [1.29, 1.82) is 0 Å². The Labute approximate surface area is 130 Å². The first-order valence-corrected chi connectivity index (χ1v) is 7.43. The number of aryl methyl sites for hydroxylation is 2. The molecule has 1 N–H and O–H groups in total. The molecular weight excluding hydrogens is 280 g/mol. The molecule has 2 rings (SSSR count). The second kappa shape index (κ2) is 6.75. The van der Waals surface area contributed by atoms with E-state index < -0.39 is 6.10 Å². The van der Waals surface area contributed by atoms with Gasteiger partial charge in [0.1, 0.15) is 5.76 Å². The van der Waals surface area contributed by atoms with E-state index in [0.717, 1.165) is 5.56 Å². The number of amides is 1. The number of aromatic nitrogens is 1. The summed E-state index contributed by atoms with van der Waals surface area (Å²) in [7, 11) is 0. The summed E-state index contributed by atoms with van der Waals surface area (Å²) in [6.07, 6.45) is -0.751. The molecule has 1 heterocycles. The van der Waals surface area contributed by atoms with Gasteiger partial charge in [0.2, 0.25) is 0 Å². The SMILES string of the molecule is CCN(C(=O)c1nc(C)oc1C)[C@H](C)[C@@H](O)c1ccccc1. The number of nitrogens with zero attached hydrogens (tertiary/aromatic N) is 2. The fraction of sp³-hybridized carbons (Fsp3) is 0.412. The van der Waals surface area contributed by atoms with Crippen molar-refractivity contribution in [3.63, 3.8) is 0 Å². The van der Waals surface area contributed by atoms with E-state index in [1.807, 2.05) is 44.2 Å². The lowest BCUT2D eigenvalue weighted by Crippen LogP contribution is -2.42. The van der Waals surface area contributed by atoms with Crippen molar-refractivity contribution < 1.29 is 14.3 Å². The summed E-state index contributed by atoms with van der Waals surface area (Å²) < 4.78 is 5.33. The zero-order valence-corrected chi connectivity index (χ0v) is 13.4.